The zero-order valence-corrected chi connectivity index (χ0v) is 11.5. The smallest absolute Gasteiger partial charge is 0.235 e. The third-order valence-electron chi connectivity index (χ3n) is 2.17. The minimum absolute atomic E-state index is 0.291. The first-order valence-corrected chi connectivity index (χ1v) is 7.69. The van der Waals surface area contributed by atoms with E-state index in [4.69, 9.17) is 5.73 Å². The number of amides is 1. The van der Waals surface area contributed by atoms with Crippen LogP contribution in [0.15, 0.2) is 24.3 Å². The van der Waals surface area contributed by atoms with E-state index in [9.17, 15) is 13.2 Å². The Kier molecular flexibility index (Phi) is 5.55. The van der Waals surface area contributed by atoms with Crippen molar-refractivity contribution in [3.63, 3.8) is 0 Å². The van der Waals surface area contributed by atoms with Gasteiger partial charge in [0.05, 0.1) is 6.54 Å². The van der Waals surface area contributed by atoms with Crippen molar-refractivity contribution in [1.29, 1.82) is 0 Å². The Morgan fingerprint density at radius 1 is 1.32 bits per heavy atom. The molecule has 0 saturated heterocycles. The van der Waals surface area contributed by atoms with Crippen molar-refractivity contribution < 1.29 is 13.2 Å². The number of rotatable bonds is 4. The van der Waals surface area contributed by atoms with Crippen LogP contribution in [0.25, 0.3) is 0 Å². The van der Waals surface area contributed by atoms with E-state index in [0.29, 0.717) is 13.1 Å². The average molecular weight is 280 g/mol. The van der Waals surface area contributed by atoms with Crippen LogP contribution < -0.4 is 11.1 Å². The maximum atomic E-state index is 11.3. The monoisotopic (exact) mass is 280 g/mol. The normalized spacial score (nSPS) is 10.4. The summed E-state index contributed by atoms with van der Waals surface area (Å²) >= 11 is 0. The van der Waals surface area contributed by atoms with Gasteiger partial charge < -0.3 is 11.1 Å². The molecule has 1 amide bonds. The number of hydrogen-bond acceptors (Lipinski definition) is 4. The van der Waals surface area contributed by atoms with Crippen molar-refractivity contribution in [2.75, 3.05) is 18.6 Å². The molecule has 6 heteroatoms. The van der Waals surface area contributed by atoms with Gasteiger partial charge in [-0.25, -0.2) is 8.42 Å². The summed E-state index contributed by atoms with van der Waals surface area (Å²) in [4.78, 5) is 11.3. The van der Waals surface area contributed by atoms with Crippen LogP contribution in [0.3, 0.4) is 0 Å². The molecule has 1 rings (SSSR count). The highest BCUT2D eigenvalue weighted by Crippen LogP contribution is 2.03. The molecule has 0 spiro atoms. The van der Waals surface area contributed by atoms with Gasteiger partial charge in [-0.15, -0.1) is 0 Å². The van der Waals surface area contributed by atoms with E-state index in [-0.39, 0.29) is 0 Å². The summed E-state index contributed by atoms with van der Waals surface area (Å²) in [5.74, 6) is 4.63. The quantitative estimate of drug-likeness (QED) is 0.738. The van der Waals surface area contributed by atoms with Crippen molar-refractivity contribution in [3.8, 4) is 11.8 Å². The van der Waals surface area contributed by atoms with Crippen LogP contribution >= 0.6 is 0 Å². The lowest BCUT2D eigenvalue weighted by Gasteiger charge is -2.04. The molecular formula is C13H16N2O3S. The summed E-state index contributed by atoms with van der Waals surface area (Å²) in [5.41, 5.74) is 6.99. The summed E-state index contributed by atoms with van der Waals surface area (Å²) in [6.07, 6.45) is 1.03. The minimum atomic E-state index is -3.29. The predicted octanol–water partition coefficient (Wildman–Crippen LogP) is -0.342. The molecule has 0 radical (unpaired) electrons. The Balaban J connectivity index is 2.52. The van der Waals surface area contributed by atoms with E-state index in [2.05, 4.69) is 17.2 Å². The van der Waals surface area contributed by atoms with E-state index in [1.807, 2.05) is 24.3 Å². The van der Waals surface area contributed by atoms with Gasteiger partial charge in [-0.1, -0.05) is 24.0 Å². The van der Waals surface area contributed by atoms with E-state index in [0.717, 1.165) is 17.4 Å². The number of sulfone groups is 1. The highest BCUT2D eigenvalue weighted by Gasteiger charge is 2.09. The Morgan fingerprint density at radius 3 is 2.47 bits per heavy atom. The lowest BCUT2D eigenvalue weighted by molar-refractivity contribution is -0.118. The predicted molar refractivity (Wildman–Crippen MR) is 73.9 cm³/mol. The number of hydrogen-bond donors (Lipinski definition) is 2. The molecule has 0 saturated carbocycles. The second kappa shape index (κ2) is 6.92. The molecule has 5 nitrogen and oxygen atoms in total. The van der Waals surface area contributed by atoms with Gasteiger partial charge in [0.15, 0.2) is 9.84 Å². The summed E-state index contributed by atoms with van der Waals surface area (Å²) in [7, 11) is -3.29. The van der Waals surface area contributed by atoms with Crippen LogP contribution in [0.1, 0.15) is 11.1 Å². The Hall–Kier alpha value is -1.84. The van der Waals surface area contributed by atoms with Gasteiger partial charge in [-0.2, -0.15) is 0 Å². The van der Waals surface area contributed by atoms with E-state index >= 15 is 0 Å². The largest absolute Gasteiger partial charge is 0.351 e. The molecule has 0 atom stereocenters. The maximum Gasteiger partial charge on any atom is 0.235 e. The van der Waals surface area contributed by atoms with Gasteiger partial charge in [0.1, 0.15) is 5.75 Å². The Morgan fingerprint density at radius 2 is 1.95 bits per heavy atom. The topological polar surface area (TPSA) is 89.3 Å². The third-order valence-corrected chi connectivity index (χ3v) is 2.96. The molecule has 0 heterocycles. The summed E-state index contributed by atoms with van der Waals surface area (Å²) in [6, 6.07) is 7.28. The van der Waals surface area contributed by atoms with Crippen molar-refractivity contribution in [2.24, 2.45) is 5.73 Å². The van der Waals surface area contributed by atoms with Crippen LogP contribution in [0.2, 0.25) is 0 Å². The van der Waals surface area contributed by atoms with Crippen LogP contribution in [0.4, 0.5) is 0 Å². The lowest BCUT2D eigenvalue weighted by Crippen LogP contribution is -2.29. The van der Waals surface area contributed by atoms with Gasteiger partial charge in [0, 0.05) is 18.4 Å². The second-order valence-electron chi connectivity index (χ2n) is 4.05. The molecule has 3 N–H and O–H groups in total. The van der Waals surface area contributed by atoms with Crippen LogP contribution in [-0.2, 0) is 21.2 Å². The molecule has 0 unspecified atom stereocenters. The number of benzene rings is 1. The molecule has 19 heavy (non-hydrogen) atoms. The highest BCUT2D eigenvalue weighted by atomic mass is 32.2. The Labute approximate surface area is 113 Å². The molecule has 1 aromatic carbocycles. The molecule has 1 aromatic rings. The molecule has 0 aliphatic carbocycles. The first-order chi connectivity index (χ1) is 8.90. The van der Waals surface area contributed by atoms with E-state index < -0.39 is 21.5 Å². The lowest BCUT2D eigenvalue weighted by atomic mass is 10.1. The van der Waals surface area contributed by atoms with Gasteiger partial charge >= 0.3 is 0 Å². The fourth-order valence-electron chi connectivity index (χ4n) is 1.35. The summed E-state index contributed by atoms with van der Waals surface area (Å²) < 4.78 is 21.8. The zero-order valence-electron chi connectivity index (χ0n) is 10.6. The standard InChI is InChI=1S/C13H16N2O3S/c1-19(17,18)10-13(16)15-9-12-6-4-11(5-7-12)3-2-8-14/h4-7H,8-10,14H2,1H3,(H,15,16). The highest BCUT2D eigenvalue weighted by molar-refractivity contribution is 7.91. The fraction of sp³-hybridized carbons (Fsp3) is 0.308. The number of carbonyl (C=O) groups is 1. The van der Waals surface area contributed by atoms with Gasteiger partial charge in [0.25, 0.3) is 0 Å². The van der Waals surface area contributed by atoms with Crippen molar-refractivity contribution in [3.05, 3.63) is 35.4 Å². The second-order valence-corrected chi connectivity index (χ2v) is 6.19. The van der Waals surface area contributed by atoms with Gasteiger partial charge in [-0.05, 0) is 17.7 Å². The van der Waals surface area contributed by atoms with Crippen LogP contribution in [-0.4, -0.2) is 32.9 Å². The van der Waals surface area contributed by atoms with Gasteiger partial charge in [-0.3, -0.25) is 4.79 Å². The van der Waals surface area contributed by atoms with Crippen LogP contribution in [0.5, 0.6) is 0 Å². The van der Waals surface area contributed by atoms with Crippen molar-refractivity contribution in [1.82, 2.24) is 5.32 Å². The Bertz CT molecular complexity index is 595. The zero-order chi connectivity index (χ0) is 14.3. The SMILES string of the molecule is CS(=O)(=O)CC(=O)NCc1ccc(C#CCN)cc1. The molecule has 0 fully saturated rings. The van der Waals surface area contributed by atoms with Crippen molar-refractivity contribution >= 4 is 15.7 Å². The first kappa shape index (κ1) is 15.2. The summed E-state index contributed by atoms with van der Waals surface area (Å²) in [6.45, 7) is 0.599. The summed E-state index contributed by atoms with van der Waals surface area (Å²) in [5, 5.41) is 2.54. The van der Waals surface area contributed by atoms with Crippen molar-refractivity contribution in [2.45, 2.75) is 6.54 Å². The number of carbonyl (C=O) groups excluding carboxylic acids is 1. The fourth-order valence-corrected chi connectivity index (χ4v) is 1.93. The van der Waals surface area contributed by atoms with Gasteiger partial charge in [0.2, 0.25) is 5.91 Å². The molecular weight excluding hydrogens is 264 g/mol. The molecule has 102 valence electrons. The number of nitrogens with two attached hydrogens (primary N) is 1. The molecule has 0 aliphatic rings. The third kappa shape index (κ3) is 6.60. The first-order valence-electron chi connectivity index (χ1n) is 5.63. The average Bonchev–Trinajstić information content (AvgIpc) is 2.33. The number of nitrogens with one attached hydrogen (secondary N) is 1. The maximum absolute atomic E-state index is 11.3. The molecule has 0 aliphatic heterocycles. The molecule has 0 bridgehead atoms. The van der Waals surface area contributed by atoms with E-state index in [1.54, 1.807) is 0 Å². The van der Waals surface area contributed by atoms with E-state index in [1.165, 1.54) is 0 Å². The minimum Gasteiger partial charge on any atom is -0.351 e. The molecule has 0 aromatic heterocycles. The van der Waals surface area contributed by atoms with Crippen LogP contribution in [0, 0.1) is 11.8 Å².